The van der Waals surface area contributed by atoms with Crippen LogP contribution in [0, 0.1) is 5.92 Å². The summed E-state index contributed by atoms with van der Waals surface area (Å²) >= 11 is 0. The van der Waals surface area contributed by atoms with Crippen molar-refractivity contribution in [2.75, 3.05) is 13.6 Å². The van der Waals surface area contributed by atoms with Crippen LogP contribution in [-0.2, 0) is 6.54 Å². The van der Waals surface area contributed by atoms with Gasteiger partial charge in [-0.2, -0.15) is 8.78 Å². The lowest BCUT2D eigenvalue weighted by Gasteiger charge is -2.14. The van der Waals surface area contributed by atoms with Gasteiger partial charge in [-0.1, -0.05) is 32.0 Å². The fraction of sp³-hybridized carbons (Fsp3) is 0.562. The molecule has 0 atom stereocenters. The van der Waals surface area contributed by atoms with E-state index in [1.54, 1.807) is 25.2 Å². The van der Waals surface area contributed by atoms with Crippen LogP contribution in [0.5, 0.6) is 5.75 Å². The molecule has 0 aliphatic heterocycles. The van der Waals surface area contributed by atoms with Crippen LogP contribution in [-0.4, -0.2) is 26.2 Å². The quantitative estimate of drug-likeness (QED) is 0.278. The van der Waals surface area contributed by atoms with E-state index < -0.39 is 6.61 Å². The molecule has 4 nitrogen and oxygen atoms in total. The van der Waals surface area contributed by atoms with E-state index in [-0.39, 0.29) is 29.7 Å². The minimum atomic E-state index is -2.82. The van der Waals surface area contributed by atoms with Crippen molar-refractivity contribution in [2.45, 2.75) is 39.8 Å². The molecule has 2 N–H and O–H groups in total. The summed E-state index contributed by atoms with van der Waals surface area (Å²) < 4.78 is 29.2. The number of alkyl halides is 2. The number of aliphatic imine (C=N–C) groups is 1. The summed E-state index contributed by atoms with van der Waals surface area (Å²) in [7, 11) is 1.68. The minimum absolute atomic E-state index is 0. The topological polar surface area (TPSA) is 45.7 Å². The van der Waals surface area contributed by atoms with Crippen LogP contribution < -0.4 is 15.4 Å². The van der Waals surface area contributed by atoms with Gasteiger partial charge in [-0.15, -0.1) is 24.0 Å². The van der Waals surface area contributed by atoms with Crippen molar-refractivity contribution < 1.29 is 13.5 Å². The molecule has 1 rings (SSSR count). The summed E-state index contributed by atoms with van der Waals surface area (Å²) in [5, 5.41) is 6.31. The largest absolute Gasteiger partial charge is 0.434 e. The van der Waals surface area contributed by atoms with Gasteiger partial charge in [0.1, 0.15) is 5.75 Å². The van der Waals surface area contributed by atoms with Crippen LogP contribution in [0.4, 0.5) is 8.78 Å². The minimum Gasteiger partial charge on any atom is -0.434 e. The van der Waals surface area contributed by atoms with Crippen LogP contribution in [0.1, 0.15) is 32.3 Å². The van der Waals surface area contributed by atoms with E-state index in [1.165, 1.54) is 6.07 Å². The summed E-state index contributed by atoms with van der Waals surface area (Å²) in [5.41, 5.74) is 0.660. The van der Waals surface area contributed by atoms with Gasteiger partial charge in [0.15, 0.2) is 5.96 Å². The van der Waals surface area contributed by atoms with E-state index in [9.17, 15) is 8.78 Å². The summed E-state index contributed by atoms with van der Waals surface area (Å²) in [6, 6.07) is 6.73. The Kier molecular flexibility index (Phi) is 11.7. The molecule has 0 radical (unpaired) electrons. The van der Waals surface area contributed by atoms with Gasteiger partial charge in [-0.3, -0.25) is 4.99 Å². The molecule has 132 valence electrons. The predicted molar refractivity (Wildman–Crippen MR) is 101 cm³/mol. The Balaban J connectivity index is 0.00000484. The third-order valence-electron chi connectivity index (χ3n) is 3.11. The van der Waals surface area contributed by atoms with Gasteiger partial charge >= 0.3 is 6.61 Å². The van der Waals surface area contributed by atoms with Gasteiger partial charge in [0.2, 0.25) is 0 Å². The number of para-hydroxylation sites is 1. The van der Waals surface area contributed by atoms with Crippen molar-refractivity contribution in [1.82, 2.24) is 10.6 Å². The SMILES string of the molecule is CN=C(NCCCC(C)C)NCc1ccccc1OC(F)F.I. The van der Waals surface area contributed by atoms with Crippen molar-refractivity contribution in [3.05, 3.63) is 29.8 Å². The first-order valence-electron chi connectivity index (χ1n) is 7.50. The van der Waals surface area contributed by atoms with Gasteiger partial charge in [-0.25, -0.2) is 0 Å². The monoisotopic (exact) mass is 441 g/mol. The molecular formula is C16H26F2IN3O. The van der Waals surface area contributed by atoms with Crippen LogP contribution >= 0.6 is 24.0 Å². The zero-order valence-electron chi connectivity index (χ0n) is 13.8. The van der Waals surface area contributed by atoms with Gasteiger partial charge in [0.25, 0.3) is 0 Å². The van der Waals surface area contributed by atoms with E-state index in [4.69, 9.17) is 0 Å². The van der Waals surface area contributed by atoms with Crippen LogP contribution in [0.3, 0.4) is 0 Å². The first-order chi connectivity index (χ1) is 10.5. The first kappa shape index (κ1) is 21.9. The lowest BCUT2D eigenvalue weighted by Crippen LogP contribution is -2.37. The third kappa shape index (κ3) is 9.58. The molecule has 0 aliphatic rings. The molecule has 1 aromatic carbocycles. The van der Waals surface area contributed by atoms with Crippen LogP contribution in [0.2, 0.25) is 0 Å². The Morgan fingerprint density at radius 1 is 1.22 bits per heavy atom. The number of nitrogens with zero attached hydrogens (tertiary/aromatic N) is 1. The molecule has 7 heteroatoms. The summed E-state index contributed by atoms with van der Waals surface area (Å²) in [5.74, 6) is 1.51. The zero-order valence-corrected chi connectivity index (χ0v) is 16.1. The second-order valence-electron chi connectivity index (χ2n) is 5.37. The zero-order chi connectivity index (χ0) is 16.4. The Bertz CT molecular complexity index is 470. The Morgan fingerprint density at radius 2 is 1.91 bits per heavy atom. The average molecular weight is 441 g/mol. The van der Waals surface area contributed by atoms with Crippen LogP contribution in [0.15, 0.2) is 29.3 Å². The number of rotatable bonds is 8. The summed E-state index contributed by atoms with van der Waals surface area (Å²) in [6.45, 7) is 2.74. The fourth-order valence-corrected chi connectivity index (χ4v) is 1.98. The van der Waals surface area contributed by atoms with Gasteiger partial charge in [0.05, 0.1) is 0 Å². The molecule has 0 saturated heterocycles. The summed E-state index contributed by atoms with van der Waals surface area (Å²) in [6.07, 6.45) is 2.21. The third-order valence-corrected chi connectivity index (χ3v) is 3.11. The highest BCUT2D eigenvalue weighted by Gasteiger charge is 2.09. The number of ether oxygens (including phenoxy) is 1. The molecular weight excluding hydrogens is 415 g/mol. The molecule has 0 aliphatic carbocycles. The number of hydrogen-bond acceptors (Lipinski definition) is 2. The molecule has 1 aromatic rings. The maximum atomic E-state index is 12.4. The lowest BCUT2D eigenvalue weighted by atomic mass is 10.1. The molecule has 0 amide bonds. The number of nitrogens with one attached hydrogen (secondary N) is 2. The molecule has 0 unspecified atom stereocenters. The maximum absolute atomic E-state index is 12.4. The van der Waals surface area contributed by atoms with E-state index >= 15 is 0 Å². The average Bonchev–Trinajstić information content (AvgIpc) is 2.47. The maximum Gasteiger partial charge on any atom is 0.387 e. The van der Waals surface area contributed by atoms with Crippen molar-refractivity contribution in [3.63, 3.8) is 0 Å². The molecule has 0 fully saturated rings. The number of hydrogen-bond donors (Lipinski definition) is 2. The highest BCUT2D eigenvalue weighted by molar-refractivity contribution is 14.0. The van der Waals surface area contributed by atoms with Gasteiger partial charge < -0.3 is 15.4 Å². The highest BCUT2D eigenvalue weighted by Crippen LogP contribution is 2.19. The Morgan fingerprint density at radius 3 is 2.52 bits per heavy atom. The number of halogens is 3. The summed E-state index contributed by atoms with van der Waals surface area (Å²) in [4.78, 5) is 4.12. The van der Waals surface area contributed by atoms with E-state index in [0.717, 1.165) is 19.4 Å². The second-order valence-corrected chi connectivity index (χ2v) is 5.37. The standard InChI is InChI=1S/C16H25F2N3O.HI/c1-12(2)7-6-10-20-16(19-3)21-11-13-8-4-5-9-14(13)22-15(17)18;/h4-5,8-9,12,15H,6-7,10-11H2,1-3H3,(H2,19,20,21);1H. The van der Waals surface area contributed by atoms with Crippen molar-refractivity contribution in [2.24, 2.45) is 10.9 Å². The molecule has 0 saturated carbocycles. The van der Waals surface area contributed by atoms with E-state index in [1.807, 2.05) is 0 Å². The van der Waals surface area contributed by atoms with Crippen LogP contribution in [0.25, 0.3) is 0 Å². The molecule has 0 aromatic heterocycles. The van der Waals surface area contributed by atoms with Gasteiger partial charge in [-0.05, 0) is 24.8 Å². The number of guanidine groups is 1. The number of benzene rings is 1. The Hall–Kier alpha value is -1.12. The lowest BCUT2D eigenvalue weighted by molar-refractivity contribution is -0.0504. The van der Waals surface area contributed by atoms with E-state index in [0.29, 0.717) is 24.0 Å². The van der Waals surface area contributed by atoms with Crippen molar-refractivity contribution in [3.8, 4) is 5.75 Å². The Labute approximate surface area is 154 Å². The smallest absolute Gasteiger partial charge is 0.387 e. The highest BCUT2D eigenvalue weighted by atomic mass is 127. The first-order valence-corrected chi connectivity index (χ1v) is 7.50. The van der Waals surface area contributed by atoms with Gasteiger partial charge in [0, 0.05) is 25.7 Å². The van der Waals surface area contributed by atoms with Crippen molar-refractivity contribution >= 4 is 29.9 Å². The van der Waals surface area contributed by atoms with Crippen molar-refractivity contribution in [1.29, 1.82) is 0 Å². The fourth-order valence-electron chi connectivity index (χ4n) is 1.98. The normalized spacial score (nSPS) is 11.3. The predicted octanol–water partition coefficient (Wildman–Crippen LogP) is 4.01. The van der Waals surface area contributed by atoms with E-state index in [2.05, 4.69) is 34.2 Å². The molecule has 0 heterocycles. The molecule has 0 bridgehead atoms. The second kappa shape index (κ2) is 12.3. The molecule has 0 spiro atoms. The molecule has 23 heavy (non-hydrogen) atoms.